The summed E-state index contributed by atoms with van der Waals surface area (Å²) in [5.41, 5.74) is 3.46. The zero-order valence-electron chi connectivity index (χ0n) is 13.0. The lowest BCUT2D eigenvalue weighted by Gasteiger charge is -2.15. The third-order valence-electron chi connectivity index (χ3n) is 3.49. The van der Waals surface area contributed by atoms with Crippen molar-refractivity contribution in [3.8, 4) is 11.5 Å². The lowest BCUT2D eigenvalue weighted by molar-refractivity contribution is 0.469. The van der Waals surface area contributed by atoms with Crippen molar-refractivity contribution < 1.29 is 4.74 Å². The molecule has 0 atom stereocenters. The van der Waals surface area contributed by atoms with Crippen LogP contribution in [0.25, 0.3) is 0 Å². The fraction of sp³-hybridized carbons (Fsp3) is 0.333. The zero-order valence-corrected chi connectivity index (χ0v) is 13.8. The predicted molar refractivity (Wildman–Crippen MR) is 89.6 cm³/mol. The molecule has 21 heavy (non-hydrogen) atoms. The molecular formula is C18H22ClNO. The average molecular weight is 304 g/mol. The van der Waals surface area contributed by atoms with Crippen molar-refractivity contribution >= 4 is 11.6 Å². The van der Waals surface area contributed by atoms with Gasteiger partial charge in [0.2, 0.25) is 0 Å². The van der Waals surface area contributed by atoms with Crippen molar-refractivity contribution in [1.29, 1.82) is 0 Å². The van der Waals surface area contributed by atoms with Crippen LogP contribution in [0.4, 0.5) is 0 Å². The third kappa shape index (κ3) is 3.99. The highest BCUT2D eigenvalue weighted by molar-refractivity contribution is 6.30. The summed E-state index contributed by atoms with van der Waals surface area (Å²) in [5, 5.41) is 3.87. The Balaban J connectivity index is 2.35. The van der Waals surface area contributed by atoms with Gasteiger partial charge in [0.15, 0.2) is 0 Å². The minimum absolute atomic E-state index is 0.481. The van der Waals surface area contributed by atoms with Crippen molar-refractivity contribution in [1.82, 2.24) is 5.32 Å². The summed E-state index contributed by atoms with van der Waals surface area (Å²) in [6.45, 7) is 7.15. The highest BCUT2D eigenvalue weighted by Crippen LogP contribution is 2.32. The van der Waals surface area contributed by atoms with E-state index in [-0.39, 0.29) is 0 Å². The Morgan fingerprint density at radius 1 is 1.10 bits per heavy atom. The van der Waals surface area contributed by atoms with Crippen LogP contribution in [-0.2, 0) is 6.54 Å². The molecule has 2 aromatic rings. The lowest BCUT2D eigenvalue weighted by Crippen LogP contribution is -2.06. The fourth-order valence-electron chi connectivity index (χ4n) is 2.18. The zero-order chi connectivity index (χ0) is 15.4. The first-order valence-electron chi connectivity index (χ1n) is 7.22. The quantitative estimate of drug-likeness (QED) is 0.811. The topological polar surface area (TPSA) is 21.3 Å². The summed E-state index contributed by atoms with van der Waals surface area (Å²) in [4.78, 5) is 0. The molecule has 0 radical (unpaired) electrons. The average Bonchev–Trinajstić information content (AvgIpc) is 2.44. The molecule has 0 spiro atoms. The second-order valence-electron chi connectivity index (χ2n) is 5.56. The van der Waals surface area contributed by atoms with E-state index in [1.165, 1.54) is 5.56 Å². The molecule has 0 aliphatic heterocycles. The number of rotatable bonds is 5. The Kier molecular flexibility index (Phi) is 5.27. The van der Waals surface area contributed by atoms with Crippen LogP contribution in [0.1, 0.15) is 36.5 Å². The molecule has 0 heterocycles. The summed E-state index contributed by atoms with van der Waals surface area (Å²) in [6, 6.07) is 12.1. The number of aryl methyl sites for hydroxylation is 1. The van der Waals surface area contributed by atoms with E-state index in [4.69, 9.17) is 16.3 Å². The van der Waals surface area contributed by atoms with Gasteiger partial charge in [0, 0.05) is 17.1 Å². The van der Waals surface area contributed by atoms with E-state index in [9.17, 15) is 0 Å². The molecule has 2 rings (SSSR count). The van der Waals surface area contributed by atoms with Gasteiger partial charge in [0.1, 0.15) is 11.5 Å². The maximum absolute atomic E-state index is 6.14. The highest BCUT2D eigenvalue weighted by Gasteiger charge is 2.09. The Bertz CT molecular complexity index is 623. The van der Waals surface area contributed by atoms with Crippen LogP contribution in [0.3, 0.4) is 0 Å². The Morgan fingerprint density at radius 2 is 1.86 bits per heavy atom. The summed E-state index contributed by atoms with van der Waals surface area (Å²) >= 11 is 6.07. The first-order chi connectivity index (χ1) is 10.0. The molecule has 0 amide bonds. The largest absolute Gasteiger partial charge is 0.457 e. The normalized spacial score (nSPS) is 11.0. The second kappa shape index (κ2) is 6.97. The van der Waals surface area contributed by atoms with Gasteiger partial charge in [-0.15, -0.1) is 0 Å². The van der Waals surface area contributed by atoms with Crippen LogP contribution >= 0.6 is 11.6 Å². The van der Waals surface area contributed by atoms with Gasteiger partial charge >= 0.3 is 0 Å². The molecule has 0 aromatic heterocycles. The van der Waals surface area contributed by atoms with Crippen LogP contribution in [0.15, 0.2) is 36.4 Å². The maximum atomic E-state index is 6.14. The summed E-state index contributed by atoms with van der Waals surface area (Å²) in [6.07, 6.45) is 0. The first-order valence-corrected chi connectivity index (χ1v) is 7.60. The smallest absolute Gasteiger partial charge is 0.132 e. The van der Waals surface area contributed by atoms with E-state index in [1.54, 1.807) is 0 Å². The summed E-state index contributed by atoms with van der Waals surface area (Å²) in [5.74, 6) is 2.23. The predicted octanol–water partition coefficient (Wildman–Crippen LogP) is 5.28. The Labute approximate surface area is 132 Å². The molecule has 0 saturated heterocycles. The van der Waals surface area contributed by atoms with E-state index < -0.39 is 0 Å². The molecule has 2 aromatic carbocycles. The highest BCUT2D eigenvalue weighted by atomic mass is 35.5. The summed E-state index contributed by atoms with van der Waals surface area (Å²) in [7, 11) is 1.91. The number of hydrogen-bond donors (Lipinski definition) is 1. The second-order valence-corrected chi connectivity index (χ2v) is 6.00. The molecule has 1 N–H and O–H groups in total. The minimum Gasteiger partial charge on any atom is -0.457 e. The fourth-order valence-corrected chi connectivity index (χ4v) is 2.38. The molecule has 2 nitrogen and oxygen atoms in total. The van der Waals surface area contributed by atoms with Crippen molar-refractivity contribution in [2.75, 3.05) is 7.05 Å². The van der Waals surface area contributed by atoms with E-state index >= 15 is 0 Å². The van der Waals surface area contributed by atoms with Gasteiger partial charge in [-0.25, -0.2) is 0 Å². The van der Waals surface area contributed by atoms with Crippen molar-refractivity contribution in [2.45, 2.75) is 33.2 Å². The van der Waals surface area contributed by atoms with Gasteiger partial charge in [0.05, 0.1) is 0 Å². The Hall–Kier alpha value is -1.51. The number of benzene rings is 2. The molecule has 0 fully saturated rings. The lowest BCUT2D eigenvalue weighted by atomic mass is 10.0. The monoisotopic (exact) mass is 303 g/mol. The van der Waals surface area contributed by atoms with Gasteiger partial charge < -0.3 is 10.1 Å². The standard InChI is InChI=1S/C18H22ClNO/c1-12(2)14-6-5-13(3)18(10-14)21-17-8-7-16(19)9-15(17)11-20-4/h5-10,12,20H,11H2,1-4H3. The number of hydrogen-bond acceptors (Lipinski definition) is 2. The van der Waals surface area contributed by atoms with Gasteiger partial charge in [0.25, 0.3) is 0 Å². The van der Waals surface area contributed by atoms with Gasteiger partial charge in [-0.05, 0) is 55.3 Å². The third-order valence-corrected chi connectivity index (χ3v) is 3.72. The van der Waals surface area contributed by atoms with Gasteiger partial charge in [-0.3, -0.25) is 0 Å². The SMILES string of the molecule is CNCc1cc(Cl)ccc1Oc1cc(C(C)C)ccc1C. The van der Waals surface area contributed by atoms with Crippen molar-refractivity contribution in [3.63, 3.8) is 0 Å². The molecule has 112 valence electrons. The molecule has 3 heteroatoms. The number of halogens is 1. The molecule has 0 aliphatic carbocycles. The van der Waals surface area contributed by atoms with E-state index in [0.29, 0.717) is 5.92 Å². The van der Waals surface area contributed by atoms with Crippen LogP contribution in [-0.4, -0.2) is 7.05 Å². The molecular weight excluding hydrogens is 282 g/mol. The van der Waals surface area contributed by atoms with Gasteiger partial charge in [-0.2, -0.15) is 0 Å². The Morgan fingerprint density at radius 3 is 2.52 bits per heavy atom. The van der Waals surface area contributed by atoms with Gasteiger partial charge in [-0.1, -0.05) is 37.6 Å². The number of nitrogens with one attached hydrogen (secondary N) is 1. The van der Waals surface area contributed by atoms with Crippen LogP contribution in [0.5, 0.6) is 11.5 Å². The van der Waals surface area contributed by atoms with Crippen LogP contribution in [0.2, 0.25) is 5.02 Å². The number of ether oxygens (including phenoxy) is 1. The minimum atomic E-state index is 0.481. The first kappa shape index (κ1) is 15.9. The molecule has 0 bridgehead atoms. The van der Waals surface area contributed by atoms with Crippen molar-refractivity contribution in [2.24, 2.45) is 0 Å². The molecule has 0 saturated carbocycles. The molecule has 0 unspecified atom stereocenters. The van der Waals surface area contributed by atoms with E-state index in [1.807, 2.05) is 25.2 Å². The summed E-state index contributed by atoms with van der Waals surface area (Å²) < 4.78 is 6.14. The van der Waals surface area contributed by atoms with Crippen LogP contribution in [0, 0.1) is 6.92 Å². The maximum Gasteiger partial charge on any atom is 0.132 e. The van der Waals surface area contributed by atoms with Crippen molar-refractivity contribution in [3.05, 3.63) is 58.1 Å². The van der Waals surface area contributed by atoms with E-state index in [0.717, 1.165) is 34.2 Å². The molecule has 0 aliphatic rings. The van der Waals surface area contributed by atoms with E-state index in [2.05, 4.69) is 44.3 Å². The van der Waals surface area contributed by atoms with Crippen LogP contribution < -0.4 is 10.1 Å².